The van der Waals surface area contributed by atoms with Gasteiger partial charge in [0.05, 0.1) is 6.61 Å². The van der Waals surface area contributed by atoms with Crippen molar-refractivity contribution in [2.45, 2.75) is 19.8 Å². The van der Waals surface area contributed by atoms with Crippen molar-refractivity contribution in [3.05, 3.63) is 0 Å². The Kier molecular flexibility index (Phi) is 5.84. The minimum atomic E-state index is 0.199. The van der Waals surface area contributed by atoms with E-state index in [0.717, 1.165) is 6.42 Å². The van der Waals surface area contributed by atoms with E-state index in [2.05, 4.69) is 0 Å². The van der Waals surface area contributed by atoms with Crippen LogP contribution in [0.2, 0.25) is 0 Å². The fraction of sp³-hybridized carbons (Fsp3) is 0.875. The summed E-state index contributed by atoms with van der Waals surface area (Å²) >= 11 is 0. The molecule has 0 aliphatic carbocycles. The van der Waals surface area contributed by atoms with Gasteiger partial charge in [-0.05, 0) is 6.42 Å². The third-order valence-corrected chi connectivity index (χ3v) is 1.52. The molecule has 0 aromatic rings. The van der Waals surface area contributed by atoms with Gasteiger partial charge in [-0.1, -0.05) is 6.92 Å². The maximum atomic E-state index is 11.1. The Labute approximate surface area is 68.3 Å². The first-order chi connectivity index (χ1) is 5.22. The summed E-state index contributed by atoms with van der Waals surface area (Å²) in [5.74, 6) is 0.199. The summed E-state index contributed by atoms with van der Waals surface area (Å²) in [6, 6.07) is 0. The second-order valence-corrected chi connectivity index (χ2v) is 2.56. The van der Waals surface area contributed by atoms with E-state index in [9.17, 15) is 4.79 Å². The SMILES string of the molecule is CCCC(=O)N(C)CCOC. The fourth-order valence-electron chi connectivity index (χ4n) is 0.758. The molecule has 0 aliphatic heterocycles. The van der Waals surface area contributed by atoms with Crippen LogP contribution >= 0.6 is 0 Å². The minimum absolute atomic E-state index is 0.199. The Morgan fingerprint density at radius 1 is 1.55 bits per heavy atom. The van der Waals surface area contributed by atoms with Crippen molar-refractivity contribution in [1.29, 1.82) is 0 Å². The van der Waals surface area contributed by atoms with Crippen molar-refractivity contribution >= 4 is 5.91 Å². The van der Waals surface area contributed by atoms with Gasteiger partial charge in [0, 0.05) is 27.1 Å². The van der Waals surface area contributed by atoms with Crippen LogP contribution in [0.5, 0.6) is 0 Å². The van der Waals surface area contributed by atoms with E-state index in [4.69, 9.17) is 4.74 Å². The molecule has 1 amide bonds. The number of ether oxygens (including phenoxy) is 1. The maximum absolute atomic E-state index is 11.1. The molecule has 0 aliphatic rings. The Hall–Kier alpha value is -0.570. The fourth-order valence-corrected chi connectivity index (χ4v) is 0.758. The molecule has 0 N–H and O–H groups in total. The predicted molar refractivity (Wildman–Crippen MR) is 44.4 cm³/mol. The monoisotopic (exact) mass is 159 g/mol. The maximum Gasteiger partial charge on any atom is 0.222 e. The first-order valence-electron chi connectivity index (χ1n) is 3.95. The zero-order chi connectivity index (χ0) is 8.69. The van der Waals surface area contributed by atoms with Gasteiger partial charge in [-0.25, -0.2) is 0 Å². The number of carbonyl (C=O) groups excluding carboxylic acids is 1. The third-order valence-electron chi connectivity index (χ3n) is 1.52. The lowest BCUT2D eigenvalue weighted by atomic mass is 10.3. The number of likely N-dealkylation sites (N-methyl/N-ethyl adjacent to an activating group) is 1. The summed E-state index contributed by atoms with van der Waals surface area (Å²) in [4.78, 5) is 12.8. The van der Waals surface area contributed by atoms with Gasteiger partial charge in [-0.3, -0.25) is 4.79 Å². The summed E-state index contributed by atoms with van der Waals surface area (Å²) < 4.78 is 4.85. The number of hydrogen-bond acceptors (Lipinski definition) is 2. The topological polar surface area (TPSA) is 29.5 Å². The van der Waals surface area contributed by atoms with Crippen LogP contribution in [-0.2, 0) is 9.53 Å². The van der Waals surface area contributed by atoms with Gasteiger partial charge in [-0.15, -0.1) is 0 Å². The van der Waals surface area contributed by atoms with Gasteiger partial charge in [0.25, 0.3) is 0 Å². The van der Waals surface area contributed by atoms with Crippen LogP contribution in [0.4, 0.5) is 0 Å². The van der Waals surface area contributed by atoms with Crippen molar-refractivity contribution in [2.24, 2.45) is 0 Å². The van der Waals surface area contributed by atoms with Crippen LogP contribution in [0.15, 0.2) is 0 Å². The first-order valence-corrected chi connectivity index (χ1v) is 3.95. The van der Waals surface area contributed by atoms with Crippen LogP contribution in [0.1, 0.15) is 19.8 Å². The number of amides is 1. The van der Waals surface area contributed by atoms with Gasteiger partial charge in [-0.2, -0.15) is 0 Å². The van der Waals surface area contributed by atoms with E-state index in [-0.39, 0.29) is 5.91 Å². The molecule has 0 aromatic heterocycles. The number of hydrogen-bond donors (Lipinski definition) is 0. The molecule has 3 heteroatoms. The molecule has 66 valence electrons. The Morgan fingerprint density at radius 3 is 2.64 bits per heavy atom. The molecule has 0 aromatic carbocycles. The minimum Gasteiger partial charge on any atom is -0.383 e. The Morgan fingerprint density at radius 2 is 2.18 bits per heavy atom. The van der Waals surface area contributed by atoms with Crippen LogP contribution in [-0.4, -0.2) is 38.1 Å². The van der Waals surface area contributed by atoms with Crippen molar-refractivity contribution in [3.8, 4) is 0 Å². The van der Waals surface area contributed by atoms with E-state index in [0.29, 0.717) is 19.6 Å². The molecular formula is C8H17NO2. The van der Waals surface area contributed by atoms with E-state index < -0.39 is 0 Å². The lowest BCUT2D eigenvalue weighted by molar-refractivity contribution is -0.130. The molecule has 0 saturated heterocycles. The molecule has 0 atom stereocenters. The molecule has 11 heavy (non-hydrogen) atoms. The van der Waals surface area contributed by atoms with Gasteiger partial charge in [0.1, 0.15) is 0 Å². The van der Waals surface area contributed by atoms with Gasteiger partial charge in [0.2, 0.25) is 5.91 Å². The molecule has 0 radical (unpaired) electrons. The highest BCUT2D eigenvalue weighted by molar-refractivity contribution is 5.75. The zero-order valence-electron chi connectivity index (χ0n) is 7.59. The number of nitrogens with zero attached hydrogens (tertiary/aromatic N) is 1. The van der Waals surface area contributed by atoms with Gasteiger partial charge >= 0.3 is 0 Å². The number of carbonyl (C=O) groups is 1. The first kappa shape index (κ1) is 10.4. The summed E-state index contributed by atoms with van der Waals surface area (Å²) in [7, 11) is 3.44. The molecular weight excluding hydrogens is 142 g/mol. The van der Waals surface area contributed by atoms with Crippen LogP contribution in [0, 0.1) is 0 Å². The summed E-state index contributed by atoms with van der Waals surface area (Å²) in [6.07, 6.45) is 1.55. The molecule has 0 bridgehead atoms. The molecule has 0 heterocycles. The lowest BCUT2D eigenvalue weighted by Crippen LogP contribution is -2.29. The summed E-state index contributed by atoms with van der Waals surface area (Å²) in [5.41, 5.74) is 0. The second kappa shape index (κ2) is 6.16. The van der Waals surface area contributed by atoms with E-state index in [1.807, 2.05) is 6.92 Å². The highest BCUT2D eigenvalue weighted by atomic mass is 16.5. The van der Waals surface area contributed by atoms with E-state index >= 15 is 0 Å². The quantitative estimate of drug-likeness (QED) is 0.596. The largest absolute Gasteiger partial charge is 0.383 e. The average molecular weight is 159 g/mol. The molecule has 0 unspecified atom stereocenters. The van der Waals surface area contributed by atoms with Gasteiger partial charge < -0.3 is 9.64 Å². The van der Waals surface area contributed by atoms with Crippen molar-refractivity contribution in [1.82, 2.24) is 4.90 Å². The molecule has 0 spiro atoms. The van der Waals surface area contributed by atoms with Crippen molar-refractivity contribution < 1.29 is 9.53 Å². The summed E-state index contributed by atoms with van der Waals surface area (Å²) in [6.45, 7) is 3.31. The second-order valence-electron chi connectivity index (χ2n) is 2.56. The third kappa shape index (κ3) is 4.79. The van der Waals surface area contributed by atoms with Crippen LogP contribution < -0.4 is 0 Å². The molecule has 0 rings (SSSR count). The Balaban J connectivity index is 3.46. The van der Waals surface area contributed by atoms with Crippen molar-refractivity contribution in [3.63, 3.8) is 0 Å². The molecule has 0 saturated carbocycles. The molecule has 0 fully saturated rings. The average Bonchev–Trinajstić information content (AvgIpc) is 2.00. The summed E-state index contributed by atoms with van der Waals surface area (Å²) in [5, 5.41) is 0. The van der Waals surface area contributed by atoms with Crippen molar-refractivity contribution in [2.75, 3.05) is 27.3 Å². The highest BCUT2D eigenvalue weighted by Gasteiger charge is 2.05. The standard InChI is InChI=1S/C8H17NO2/c1-4-5-8(10)9(2)6-7-11-3/h4-7H2,1-3H3. The number of methoxy groups -OCH3 is 1. The normalized spacial score (nSPS) is 9.73. The Bertz CT molecular complexity index is 115. The lowest BCUT2D eigenvalue weighted by Gasteiger charge is -2.15. The highest BCUT2D eigenvalue weighted by Crippen LogP contribution is 1.93. The van der Waals surface area contributed by atoms with Crippen LogP contribution in [0.3, 0.4) is 0 Å². The van der Waals surface area contributed by atoms with Crippen LogP contribution in [0.25, 0.3) is 0 Å². The predicted octanol–water partition coefficient (Wildman–Crippen LogP) is 0.891. The zero-order valence-corrected chi connectivity index (χ0v) is 7.59. The molecule has 3 nitrogen and oxygen atoms in total. The van der Waals surface area contributed by atoms with Gasteiger partial charge in [0.15, 0.2) is 0 Å². The van der Waals surface area contributed by atoms with E-state index in [1.165, 1.54) is 0 Å². The number of rotatable bonds is 5. The smallest absolute Gasteiger partial charge is 0.222 e. The van der Waals surface area contributed by atoms with E-state index in [1.54, 1.807) is 19.1 Å².